The second-order valence-electron chi connectivity index (χ2n) is 8.24. The summed E-state index contributed by atoms with van der Waals surface area (Å²) in [5.41, 5.74) is 2.76. The molecule has 6 nitrogen and oxygen atoms in total. The van der Waals surface area contributed by atoms with Gasteiger partial charge in [0.1, 0.15) is 5.75 Å². The molecule has 2 N–H and O–H groups in total. The summed E-state index contributed by atoms with van der Waals surface area (Å²) in [5, 5.41) is 4.65. The molecule has 0 atom stereocenters. The summed E-state index contributed by atoms with van der Waals surface area (Å²) in [5.74, 6) is 1.15. The van der Waals surface area contributed by atoms with E-state index in [1.54, 1.807) is 19.2 Å². The maximum atomic E-state index is 12.7. The molecule has 4 rings (SSSR count). The monoisotopic (exact) mass is 453 g/mol. The normalized spacial score (nSPS) is 14.5. The molecule has 3 aromatic rings. The van der Waals surface area contributed by atoms with Crippen LogP contribution in [0, 0.1) is 5.92 Å². The van der Waals surface area contributed by atoms with Crippen molar-refractivity contribution in [3.63, 3.8) is 0 Å². The number of ether oxygens (including phenoxy) is 1. The smallest absolute Gasteiger partial charge is 0.255 e. The summed E-state index contributed by atoms with van der Waals surface area (Å²) in [6, 6.07) is 13.1. The number of H-pyrrole nitrogens is 1. The average molecular weight is 454 g/mol. The highest BCUT2D eigenvalue weighted by atomic mass is 35.5. The van der Waals surface area contributed by atoms with Gasteiger partial charge >= 0.3 is 0 Å². The predicted molar refractivity (Wildman–Crippen MR) is 126 cm³/mol. The number of carbonyl (C=O) groups is 2. The zero-order chi connectivity index (χ0) is 22.5. The first-order valence-corrected chi connectivity index (χ1v) is 11.4. The molecule has 1 fully saturated rings. The van der Waals surface area contributed by atoms with Crippen LogP contribution in [0.2, 0.25) is 5.02 Å². The minimum atomic E-state index is -0.0335. The molecule has 1 aliphatic rings. The summed E-state index contributed by atoms with van der Waals surface area (Å²) in [7, 11) is 1.66. The summed E-state index contributed by atoms with van der Waals surface area (Å²) in [6.07, 6.45) is 4.89. The van der Waals surface area contributed by atoms with Crippen LogP contribution < -0.4 is 10.1 Å². The van der Waals surface area contributed by atoms with Gasteiger partial charge in [-0.25, -0.2) is 0 Å². The van der Waals surface area contributed by atoms with Crippen molar-refractivity contribution in [1.29, 1.82) is 0 Å². The number of likely N-dealkylation sites (tertiary alicyclic amines) is 1. The van der Waals surface area contributed by atoms with Crippen LogP contribution in [0.5, 0.6) is 5.75 Å². The van der Waals surface area contributed by atoms with Crippen molar-refractivity contribution in [2.45, 2.75) is 25.7 Å². The molecular weight excluding hydrogens is 426 g/mol. The van der Waals surface area contributed by atoms with E-state index < -0.39 is 0 Å². The fourth-order valence-corrected chi connectivity index (χ4v) is 4.52. The van der Waals surface area contributed by atoms with E-state index in [-0.39, 0.29) is 11.8 Å². The molecule has 32 heavy (non-hydrogen) atoms. The van der Waals surface area contributed by atoms with Crippen LogP contribution in [0.1, 0.15) is 35.2 Å². The Morgan fingerprint density at radius 1 is 1.19 bits per heavy atom. The van der Waals surface area contributed by atoms with Crippen LogP contribution in [0.25, 0.3) is 10.9 Å². The van der Waals surface area contributed by atoms with Gasteiger partial charge in [-0.15, -0.1) is 0 Å². The lowest BCUT2D eigenvalue weighted by Crippen LogP contribution is -2.40. The van der Waals surface area contributed by atoms with E-state index in [1.165, 1.54) is 0 Å². The van der Waals surface area contributed by atoms with E-state index >= 15 is 0 Å². The molecule has 1 aliphatic heterocycles. The van der Waals surface area contributed by atoms with E-state index in [0.717, 1.165) is 41.5 Å². The van der Waals surface area contributed by atoms with Gasteiger partial charge in [-0.1, -0.05) is 23.7 Å². The van der Waals surface area contributed by atoms with Gasteiger partial charge in [0.05, 0.1) is 17.7 Å². The van der Waals surface area contributed by atoms with Gasteiger partial charge in [0, 0.05) is 43.2 Å². The Kier molecular flexibility index (Phi) is 7.00. The Balaban J connectivity index is 1.22. The molecule has 1 aromatic heterocycles. The Labute approximate surface area is 192 Å². The molecule has 0 aliphatic carbocycles. The number of fused-ring (bicyclic) bond motifs is 1. The molecule has 0 saturated carbocycles. The van der Waals surface area contributed by atoms with Gasteiger partial charge in [0.2, 0.25) is 5.91 Å². The van der Waals surface area contributed by atoms with Crippen molar-refractivity contribution in [1.82, 2.24) is 15.2 Å². The Hall–Kier alpha value is -2.99. The predicted octanol–water partition coefficient (Wildman–Crippen LogP) is 4.43. The van der Waals surface area contributed by atoms with Gasteiger partial charge in [-0.05, 0) is 61.1 Å². The Bertz CT molecular complexity index is 1100. The lowest BCUT2D eigenvalue weighted by Gasteiger charge is -2.32. The fraction of sp³-hybridized carbons (Fsp3) is 0.360. The van der Waals surface area contributed by atoms with E-state index in [1.807, 2.05) is 41.4 Å². The SMILES string of the molecule is COc1ccc2[nH]cc(CCNC(=O)CC3CCN(C(=O)c4ccccc4Cl)CC3)c2c1. The number of carbonyl (C=O) groups excluding carboxylic acids is 2. The number of rotatable bonds is 7. The number of aromatic amines is 1. The fourth-order valence-electron chi connectivity index (χ4n) is 4.31. The highest BCUT2D eigenvalue weighted by molar-refractivity contribution is 6.33. The number of methoxy groups -OCH3 is 1. The number of amides is 2. The van der Waals surface area contributed by atoms with Crippen molar-refractivity contribution in [3.8, 4) is 5.75 Å². The van der Waals surface area contributed by atoms with Gasteiger partial charge in [-0.3, -0.25) is 9.59 Å². The molecule has 2 heterocycles. The maximum Gasteiger partial charge on any atom is 0.255 e. The second-order valence-corrected chi connectivity index (χ2v) is 8.65. The number of hydrogen-bond acceptors (Lipinski definition) is 3. The minimum Gasteiger partial charge on any atom is -0.497 e. The molecule has 0 bridgehead atoms. The number of nitrogens with one attached hydrogen (secondary N) is 2. The lowest BCUT2D eigenvalue weighted by molar-refractivity contribution is -0.122. The lowest BCUT2D eigenvalue weighted by atomic mass is 9.93. The number of halogens is 1. The maximum absolute atomic E-state index is 12.7. The van der Waals surface area contributed by atoms with Gasteiger partial charge < -0.3 is 19.9 Å². The molecule has 2 aromatic carbocycles. The van der Waals surface area contributed by atoms with E-state index in [9.17, 15) is 9.59 Å². The Morgan fingerprint density at radius 2 is 1.97 bits per heavy atom. The number of hydrogen-bond donors (Lipinski definition) is 2. The van der Waals surface area contributed by atoms with Gasteiger partial charge in [-0.2, -0.15) is 0 Å². The number of nitrogens with zero attached hydrogens (tertiary/aromatic N) is 1. The van der Waals surface area contributed by atoms with Gasteiger partial charge in [0.25, 0.3) is 5.91 Å². The third-order valence-corrected chi connectivity index (χ3v) is 6.50. The van der Waals surface area contributed by atoms with Crippen LogP contribution in [-0.4, -0.2) is 48.4 Å². The minimum absolute atomic E-state index is 0.0335. The average Bonchev–Trinajstić information content (AvgIpc) is 3.21. The highest BCUT2D eigenvalue weighted by Gasteiger charge is 2.26. The standard InChI is InChI=1S/C25H28ClN3O3/c1-32-19-6-7-23-21(15-19)18(16-28-23)8-11-27-24(30)14-17-9-12-29(13-10-17)25(31)20-4-2-3-5-22(20)26/h2-7,15-17,28H,8-14H2,1H3,(H,27,30). The van der Waals surface area contributed by atoms with Crippen molar-refractivity contribution in [2.75, 3.05) is 26.7 Å². The first-order chi connectivity index (χ1) is 15.5. The molecule has 0 unspecified atom stereocenters. The number of benzene rings is 2. The van der Waals surface area contributed by atoms with Crippen LogP contribution in [0.15, 0.2) is 48.7 Å². The van der Waals surface area contributed by atoms with Crippen LogP contribution in [-0.2, 0) is 11.2 Å². The van der Waals surface area contributed by atoms with E-state index in [2.05, 4.69) is 10.3 Å². The first kappa shape index (κ1) is 22.2. The largest absolute Gasteiger partial charge is 0.497 e. The topological polar surface area (TPSA) is 74.4 Å². The first-order valence-electron chi connectivity index (χ1n) is 11.0. The van der Waals surface area contributed by atoms with Crippen molar-refractivity contribution in [3.05, 3.63) is 64.8 Å². The number of aromatic nitrogens is 1. The highest BCUT2D eigenvalue weighted by Crippen LogP contribution is 2.25. The molecule has 0 spiro atoms. The molecule has 2 amide bonds. The second kappa shape index (κ2) is 10.1. The zero-order valence-electron chi connectivity index (χ0n) is 18.2. The van der Waals surface area contributed by atoms with E-state index in [4.69, 9.17) is 16.3 Å². The van der Waals surface area contributed by atoms with Crippen molar-refractivity contribution in [2.24, 2.45) is 5.92 Å². The summed E-state index contributed by atoms with van der Waals surface area (Å²) >= 11 is 6.16. The van der Waals surface area contributed by atoms with Crippen LogP contribution in [0.3, 0.4) is 0 Å². The van der Waals surface area contributed by atoms with Gasteiger partial charge in [0.15, 0.2) is 0 Å². The summed E-state index contributed by atoms with van der Waals surface area (Å²) in [4.78, 5) is 30.2. The van der Waals surface area contributed by atoms with E-state index in [0.29, 0.717) is 42.6 Å². The molecule has 7 heteroatoms. The number of piperidine rings is 1. The van der Waals surface area contributed by atoms with Crippen LogP contribution >= 0.6 is 11.6 Å². The molecule has 1 saturated heterocycles. The Morgan fingerprint density at radius 3 is 2.72 bits per heavy atom. The van der Waals surface area contributed by atoms with Crippen molar-refractivity contribution < 1.29 is 14.3 Å². The zero-order valence-corrected chi connectivity index (χ0v) is 19.0. The molecule has 168 valence electrons. The molecular formula is C25H28ClN3O3. The third kappa shape index (κ3) is 5.07. The van der Waals surface area contributed by atoms with Crippen LogP contribution in [0.4, 0.5) is 0 Å². The summed E-state index contributed by atoms with van der Waals surface area (Å²) < 4.78 is 5.31. The molecule has 0 radical (unpaired) electrons. The third-order valence-electron chi connectivity index (χ3n) is 6.17. The quantitative estimate of drug-likeness (QED) is 0.555. The summed E-state index contributed by atoms with van der Waals surface area (Å²) in [6.45, 7) is 1.89. The van der Waals surface area contributed by atoms with Crippen molar-refractivity contribution >= 4 is 34.3 Å².